The quantitative estimate of drug-likeness (QED) is 0.826. The first-order chi connectivity index (χ1) is 12.9. The fourth-order valence-corrected chi connectivity index (χ4v) is 4.07. The minimum Gasteiger partial charge on any atom is -0.482 e. The number of nitrogens with zero attached hydrogens (tertiary/aromatic N) is 2. The molecular formula is C19H24N4O3S. The van der Waals surface area contributed by atoms with Crippen molar-refractivity contribution in [2.75, 3.05) is 44.5 Å². The first-order valence-electron chi connectivity index (χ1n) is 8.65. The topological polar surface area (TPSA) is 73.9 Å². The summed E-state index contributed by atoms with van der Waals surface area (Å²) >= 11 is 1.69. The summed E-state index contributed by atoms with van der Waals surface area (Å²) < 4.78 is 5.40. The van der Waals surface area contributed by atoms with E-state index < -0.39 is 0 Å². The van der Waals surface area contributed by atoms with Gasteiger partial charge in [-0.25, -0.2) is 4.79 Å². The molecule has 0 saturated carbocycles. The van der Waals surface area contributed by atoms with Crippen molar-refractivity contribution in [2.24, 2.45) is 0 Å². The van der Waals surface area contributed by atoms with Crippen LogP contribution in [0.4, 0.5) is 16.2 Å². The van der Waals surface area contributed by atoms with Gasteiger partial charge in [0.1, 0.15) is 5.75 Å². The maximum absolute atomic E-state index is 12.4. The number of ether oxygens (including phenoxy) is 1. The maximum atomic E-state index is 12.4. The Kier molecular flexibility index (Phi) is 5.67. The highest BCUT2D eigenvalue weighted by Gasteiger charge is 2.23. The van der Waals surface area contributed by atoms with Gasteiger partial charge in [-0.2, -0.15) is 0 Å². The van der Waals surface area contributed by atoms with Crippen molar-refractivity contribution >= 4 is 34.6 Å². The van der Waals surface area contributed by atoms with E-state index in [1.807, 2.05) is 14.1 Å². The van der Waals surface area contributed by atoms with Gasteiger partial charge in [0.2, 0.25) is 0 Å². The van der Waals surface area contributed by atoms with Gasteiger partial charge in [0, 0.05) is 24.2 Å². The summed E-state index contributed by atoms with van der Waals surface area (Å²) in [5.74, 6) is 0.508. The number of likely N-dealkylation sites (N-methyl/N-ethyl adjacent to an activating group) is 2. The van der Waals surface area contributed by atoms with Gasteiger partial charge in [-0.1, -0.05) is 0 Å². The largest absolute Gasteiger partial charge is 0.482 e. The number of aryl methyl sites for hydroxylation is 1. The Morgan fingerprint density at radius 3 is 2.81 bits per heavy atom. The molecule has 1 aliphatic rings. The van der Waals surface area contributed by atoms with Gasteiger partial charge in [-0.15, -0.1) is 11.3 Å². The predicted octanol–water partition coefficient (Wildman–Crippen LogP) is 2.84. The number of carbonyl (C=O) groups is 2. The number of fused-ring (bicyclic) bond motifs is 1. The third-order valence-electron chi connectivity index (χ3n) is 4.59. The molecule has 2 aromatic rings. The van der Waals surface area contributed by atoms with Gasteiger partial charge in [-0.05, 0) is 56.2 Å². The molecule has 0 unspecified atom stereocenters. The van der Waals surface area contributed by atoms with Crippen LogP contribution in [0.2, 0.25) is 0 Å². The average molecular weight is 388 g/mol. The van der Waals surface area contributed by atoms with Crippen LogP contribution in [-0.4, -0.2) is 51.1 Å². The van der Waals surface area contributed by atoms with Gasteiger partial charge < -0.3 is 25.2 Å². The fraction of sp³-hybridized carbons (Fsp3) is 0.368. The van der Waals surface area contributed by atoms with Gasteiger partial charge in [0.25, 0.3) is 5.91 Å². The number of carbonyl (C=O) groups excluding carboxylic acids is 2. The molecule has 0 spiro atoms. The predicted molar refractivity (Wildman–Crippen MR) is 108 cm³/mol. The highest BCUT2D eigenvalue weighted by molar-refractivity contribution is 7.10. The number of hydrogen-bond donors (Lipinski definition) is 2. The average Bonchev–Trinajstić information content (AvgIpc) is 3.04. The first kappa shape index (κ1) is 19.2. The van der Waals surface area contributed by atoms with E-state index in [9.17, 15) is 9.59 Å². The van der Waals surface area contributed by atoms with E-state index in [0.29, 0.717) is 23.7 Å². The molecule has 7 nitrogen and oxygen atoms in total. The molecule has 1 aromatic carbocycles. The number of urea groups is 1. The third-order valence-corrected chi connectivity index (χ3v) is 5.71. The number of rotatable bonds is 5. The monoisotopic (exact) mass is 388 g/mol. The van der Waals surface area contributed by atoms with Crippen molar-refractivity contribution in [3.05, 3.63) is 40.1 Å². The number of hydrogen-bond acceptors (Lipinski definition) is 5. The molecule has 1 aromatic heterocycles. The Balaban J connectivity index is 1.64. The number of thiophene rings is 1. The number of benzene rings is 1. The lowest BCUT2D eigenvalue weighted by atomic mass is 10.1. The highest BCUT2D eigenvalue weighted by atomic mass is 32.1. The maximum Gasteiger partial charge on any atom is 0.319 e. The van der Waals surface area contributed by atoms with Gasteiger partial charge in [0.15, 0.2) is 6.61 Å². The van der Waals surface area contributed by atoms with Crippen LogP contribution in [0.3, 0.4) is 0 Å². The zero-order chi connectivity index (χ0) is 19.6. The molecular weight excluding hydrogens is 364 g/mol. The zero-order valence-electron chi connectivity index (χ0n) is 15.9. The minimum absolute atomic E-state index is 0.0326. The van der Waals surface area contributed by atoms with Crippen molar-refractivity contribution in [1.29, 1.82) is 0 Å². The van der Waals surface area contributed by atoms with Gasteiger partial charge in [0.05, 0.1) is 11.7 Å². The Bertz CT molecular complexity index is 849. The lowest BCUT2D eigenvalue weighted by molar-refractivity contribution is -0.120. The molecule has 3 amide bonds. The second kappa shape index (κ2) is 7.98. The summed E-state index contributed by atoms with van der Waals surface area (Å²) in [7, 11) is 5.69. The Morgan fingerprint density at radius 2 is 2.15 bits per heavy atom. The van der Waals surface area contributed by atoms with Crippen LogP contribution in [0.15, 0.2) is 29.6 Å². The standard InChI is InChI=1S/C19H24N4O3S/c1-12-7-8-27-18(12)15(22(2)3)10-20-19(25)21-13-5-6-16-14(9-13)23(4)17(24)11-26-16/h5-9,15H,10-11H2,1-4H3,(H2,20,21,25)/t15-/m0/s1. The summed E-state index contributed by atoms with van der Waals surface area (Å²) in [6.45, 7) is 2.60. The molecule has 1 aliphatic heterocycles. The second-order valence-electron chi connectivity index (χ2n) is 6.71. The molecule has 2 N–H and O–H groups in total. The normalized spacial score (nSPS) is 14.6. The number of amides is 3. The summed E-state index contributed by atoms with van der Waals surface area (Å²) in [6, 6.07) is 7.15. The molecule has 0 saturated heterocycles. The minimum atomic E-state index is -0.290. The summed E-state index contributed by atoms with van der Waals surface area (Å²) in [4.78, 5) is 29.0. The van der Waals surface area contributed by atoms with E-state index in [1.54, 1.807) is 36.6 Å². The third kappa shape index (κ3) is 4.23. The zero-order valence-corrected chi connectivity index (χ0v) is 16.7. The second-order valence-corrected chi connectivity index (χ2v) is 7.65. The number of nitrogens with one attached hydrogen (secondary N) is 2. The molecule has 27 heavy (non-hydrogen) atoms. The Labute approximate surface area is 162 Å². The van der Waals surface area contributed by atoms with Crippen LogP contribution < -0.4 is 20.3 Å². The first-order valence-corrected chi connectivity index (χ1v) is 9.53. The van der Waals surface area contributed by atoms with E-state index in [0.717, 1.165) is 0 Å². The summed E-state index contributed by atoms with van der Waals surface area (Å²) in [5, 5.41) is 7.82. The molecule has 0 aliphatic carbocycles. The lowest BCUT2D eigenvalue weighted by Gasteiger charge is -2.26. The van der Waals surface area contributed by atoms with Crippen molar-refractivity contribution in [3.8, 4) is 5.75 Å². The molecule has 144 valence electrons. The lowest BCUT2D eigenvalue weighted by Crippen LogP contribution is -2.37. The fourth-order valence-electron chi connectivity index (χ4n) is 2.95. The summed E-state index contributed by atoms with van der Waals surface area (Å²) in [5.41, 5.74) is 2.47. The van der Waals surface area contributed by atoms with Gasteiger partial charge in [-0.3, -0.25) is 4.79 Å². The number of anilines is 2. The van der Waals surface area contributed by atoms with Crippen molar-refractivity contribution in [1.82, 2.24) is 10.2 Å². The van der Waals surface area contributed by atoms with Crippen LogP contribution in [0.5, 0.6) is 5.75 Å². The van der Waals surface area contributed by atoms with Crippen LogP contribution in [0.25, 0.3) is 0 Å². The van der Waals surface area contributed by atoms with E-state index in [1.165, 1.54) is 15.3 Å². The van der Waals surface area contributed by atoms with Gasteiger partial charge >= 0.3 is 6.03 Å². The van der Waals surface area contributed by atoms with Crippen molar-refractivity contribution < 1.29 is 14.3 Å². The molecule has 0 radical (unpaired) electrons. The van der Waals surface area contributed by atoms with E-state index in [2.05, 4.69) is 33.9 Å². The van der Waals surface area contributed by atoms with E-state index in [4.69, 9.17) is 4.74 Å². The summed E-state index contributed by atoms with van der Waals surface area (Å²) in [6.07, 6.45) is 0. The van der Waals surface area contributed by atoms with Crippen LogP contribution >= 0.6 is 11.3 Å². The van der Waals surface area contributed by atoms with Crippen molar-refractivity contribution in [3.63, 3.8) is 0 Å². The molecule has 2 heterocycles. The Morgan fingerprint density at radius 1 is 1.37 bits per heavy atom. The molecule has 1 atom stereocenters. The van der Waals surface area contributed by atoms with Crippen LogP contribution in [0, 0.1) is 6.92 Å². The SMILES string of the molecule is Cc1ccsc1[C@H](CNC(=O)Nc1ccc2c(c1)N(C)C(=O)CO2)N(C)C. The molecule has 0 bridgehead atoms. The molecule has 3 rings (SSSR count). The van der Waals surface area contributed by atoms with Crippen LogP contribution in [-0.2, 0) is 4.79 Å². The molecule has 8 heteroatoms. The van der Waals surface area contributed by atoms with E-state index in [-0.39, 0.29) is 24.6 Å². The van der Waals surface area contributed by atoms with Crippen LogP contribution in [0.1, 0.15) is 16.5 Å². The smallest absolute Gasteiger partial charge is 0.319 e. The Hall–Kier alpha value is -2.58. The molecule has 0 fully saturated rings. The van der Waals surface area contributed by atoms with Crippen molar-refractivity contribution in [2.45, 2.75) is 13.0 Å². The van der Waals surface area contributed by atoms with E-state index >= 15 is 0 Å². The highest BCUT2D eigenvalue weighted by Crippen LogP contribution is 2.33.